The Morgan fingerprint density at radius 3 is 2.67 bits per heavy atom. The van der Waals surface area contributed by atoms with E-state index >= 15 is 0 Å². The van der Waals surface area contributed by atoms with Gasteiger partial charge in [0.05, 0.1) is 5.75 Å². The average Bonchev–Trinajstić information content (AvgIpc) is 3.01. The summed E-state index contributed by atoms with van der Waals surface area (Å²) in [6, 6.07) is 9.12. The molecule has 2 aliphatic rings. The first kappa shape index (κ1) is 14.5. The number of nitrogens with zero attached hydrogens (tertiary/aromatic N) is 1. The van der Waals surface area contributed by atoms with Crippen molar-refractivity contribution in [3.8, 4) is 0 Å². The number of hydrogen-bond acceptors (Lipinski definition) is 4. The van der Waals surface area contributed by atoms with Crippen molar-refractivity contribution in [3.05, 3.63) is 35.9 Å². The Hall–Kier alpha value is -1.40. The van der Waals surface area contributed by atoms with Gasteiger partial charge in [0.25, 0.3) is 5.91 Å². The lowest BCUT2D eigenvalue weighted by atomic mass is 10.1. The summed E-state index contributed by atoms with van der Waals surface area (Å²) in [4.78, 5) is 14.0. The maximum absolute atomic E-state index is 12.4. The van der Waals surface area contributed by atoms with Crippen molar-refractivity contribution >= 4 is 15.7 Å². The predicted molar refractivity (Wildman–Crippen MR) is 78.5 cm³/mol. The molecular weight excluding hydrogens is 290 g/mol. The van der Waals surface area contributed by atoms with E-state index in [1.54, 1.807) is 4.90 Å². The SMILES string of the molecule is O=C(C1CCCO1)N1CCS(=O)(=O)C(c2ccccc2)C1. The van der Waals surface area contributed by atoms with Gasteiger partial charge in [0.1, 0.15) is 11.4 Å². The van der Waals surface area contributed by atoms with Gasteiger partial charge in [0.2, 0.25) is 0 Å². The molecule has 0 bridgehead atoms. The van der Waals surface area contributed by atoms with E-state index in [-0.39, 0.29) is 30.9 Å². The van der Waals surface area contributed by atoms with Gasteiger partial charge < -0.3 is 9.64 Å². The molecule has 1 aromatic carbocycles. The van der Waals surface area contributed by atoms with Gasteiger partial charge in [-0.2, -0.15) is 0 Å². The van der Waals surface area contributed by atoms with Gasteiger partial charge in [-0.25, -0.2) is 8.42 Å². The molecule has 2 unspecified atom stereocenters. The van der Waals surface area contributed by atoms with Crippen molar-refractivity contribution in [1.82, 2.24) is 4.90 Å². The normalized spacial score (nSPS) is 28.5. The van der Waals surface area contributed by atoms with Gasteiger partial charge in [-0.3, -0.25) is 4.79 Å². The molecule has 0 aromatic heterocycles. The van der Waals surface area contributed by atoms with E-state index in [0.717, 1.165) is 18.4 Å². The molecule has 0 radical (unpaired) electrons. The quantitative estimate of drug-likeness (QED) is 0.822. The smallest absolute Gasteiger partial charge is 0.251 e. The molecule has 0 saturated carbocycles. The Morgan fingerprint density at radius 2 is 2.00 bits per heavy atom. The number of amides is 1. The fraction of sp³-hybridized carbons (Fsp3) is 0.533. The summed E-state index contributed by atoms with van der Waals surface area (Å²) in [6.07, 6.45) is 1.24. The van der Waals surface area contributed by atoms with Crippen molar-refractivity contribution in [2.24, 2.45) is 0 Å². The molecule has 114 valence electrons. The minimum absolute atomic E-state index is 0.0189. The Bertz CT molecular complexity index is 608. The number of ether oxygens (including phenoxy) is 1. The molecule has 6 heteroatoms. The van der Waals surface area contributed by atoms with Crippen LogP contribution >= 0.6 is 0 Å². The van der Waals surface area contributed by atoms with Crippen LogP contribution in [0, 0.1) is 0 Å². The van der Waals surface area contributed by atoms with E-state index in [9.17, 15) is 13.2 Å². The van der Waals surface area contributed by atoms with E-state index in [2.05, 4.69) is 0 Å². The second kappa shape index (κ2) is 5.77. The number of hydrogen-bond donors (Lipinski definition) is 0. The number of rotatable bonds is 2. The zero-order valence-corrected chi connectivity index (χ0v) is 12.6. The molecule has 2 fully saturated rings. The molecule has 3 rings (SSSR count). The van der Waals surface area contributed by atoms with E-state index in [1.807, 2.05) is 30.3 Å². The first-order valence-electron chi connectivity index (χ1n) is 7.25. The minimum Gasteiger partial charge on any atom is -0.368 e. The number of carbonyl (C=O) groups is 1. The highest BCUT2D eigenvalue weighted by Gasteiger charge is 2.38. The highest BCUT2D eigenvalue weighted by Crippen LogP contribution is 2.29. The molecule has 0 aliphatic carbocycles. The highest BCUT2D eigenvalue weighted by molar-refractivity contribution is 7.91. The largest absolute Gasteiger partial charge is 0.368 e. The monoisotopic (exact) mass is 309 g/mol. The zero-order valence-electron chi connectivity index (χ0n) is 11.8. The number of carbonyl (C=O) groups excluding carboxylic acids is 1. The predicted octanol–water partition coefficient (Wildman–Crippen LogP) is 1.16. The van der Waals surface area contributed by atoms with Crippen LogP contribution in [-0.4, -0.2) is 50.8 Å². The van der Waals surface area contributed by atoms with Gasteiger partial charge in [0, 0.05) is 19.7 Å². The van der Waals surface area contributed by atoms with Gasteiger partial charge in [-0.1, -0.05) is 30.3 Å². The van der Waals surface area contributed by atoms with Crippen LogP contribution in [0.5, 0.6) is 0 Å². The van der Waals surface area contributed by atoms with Gasteiger partial charge in [-0.15, -0.1) is 0 Å². The van der Waals surface area contributed by atoms with E-state index in [1.165, 1.54) is 0 Å². The average molecular weight is 309 g/mol. The highest BCUT2D eigenvalue weighted by atomic mass is 32.2. The summed E-state index contributed by atoms with van der Waals surface area (Å²) < 4.78 is 30.0. The number of benzene rings is 1. The topological polar surface area (TPSA) is 63.7 Å². The molecule has 21 heavy (non-hydrogen) atoms. The molecule has 1 aromatic rings. The maximum Gasteiger partial charge on any atom is 0.251 e. The van der Waals surface area contributed by atoms with Crippen molar-refractivity contribution in [2.45, 2.75) is 24.2 Å². The van der Waals surface area contributed by atoms with Crippen LogP contribution in [0.1, 0.15) is 23.7 Å². The molecule has 2 aliphatic heterocycles. The standard InChI is InChI=1S/C15H19NO4S/c17-15(13-7-4-9-20-13)16-8-10-21(18,19)14(11-16)12-5-2-1-3-6-12/h1-3,5-6,13-14H,4,7-11H2. The molecule has 0 spiro atoms. The first-order valence-corrected chi connectivity index (χ1v) is 8.96. The third-order valence-corrected chi connectivity index (χ3v) is 6.19. The minimum atomic E-state index is -3.20. The van der Waals surface area contributed by atoms with Crippen molar-refractivity contribution in [1.29, 1.82) is 0 Å². The Morgan fingerprint density at radius 1 is 1.24 bits per heavy atom. The second-order valence-electron chi connectivity index (χ2n) is 5.55. The van der Waals surface area contributed by atoms with Gasteiger partial charge in [0.15, 0.2) is 9.84 Å². The molecule has 5 nitrogen and oxygen atoms in total. The zero-order chi connectivity index (χ0) is 14.9. The van der Waals surface area contributed by atoms with Crippen LogP contribution in [0.4, 0.5) is 0 Å². The third kappa shape index (κ3) is 2.96. The van der Waals surface area contributed by atoms with Crippen LogP contribution < -0.4 is 0 Å². The lowest BCUT2D eigenvalue weighted by Crippen LogP contribution is -2.48. The second-order valence-corrected chi connectivity index (χ2v) is 7.86. The fourth-order valence-corrected chi connectivity index (χ4v) is 4.68. The van der Waals surface area contributed by atoms with Crippen LogP contribution in [0.15, 0.2) is 30.3 Å². The van der Waals surface area contributed by atoms with Crippen molar-refractivity contribution in [2.75, 3.05) is 25.4 Å². The molecular formula is C15H19NO4S. The lowest BCUT2D eigenvalue weighted by molar-refractivity contribution is -0.140. The molecule has 2 saturated heterocycles. The van der Waals surface area contributed by atoms with Crippen LogP contribution in [-0.2, 0) is 19.4 Å². The van der Waals surface area contributed by atoms with Crippen LogP contribution in [0.2, 0.25) is 0 Å². The summed E-state index contributed by atoms with van der Waals surface area (Å²) in [5.41, 5.74) is 0.752. The summed E-state index contributed by atoms with van der Waals surface area (Å²) >= 11 is 0. The summed E-state index contributed by atoms with van der Waals surface area (Å²) in [5.74, 6) is -0.0475. The fourth-order valence-electron chi connectivity index (χ4n) is 2.94. The summed E-state index contributed by atoms with van der Waals surface area (Å²) in [7, 11) is -3.20. The Labute approximate surface area is 124 Å². The lowest BCUT2D eigenvalue weighted by Gasteiger charge is -2.34. The molecule has 2 heterocycles. The number of sulfone groups is 1. The molecule has 2 atom stereocenters. The van der Waals surface area contributed by atoms with E-state index in [4.69, 9.17) is 4.74 Å². The molecule has 1 amide bonds. The third-order valence-electron chi connectivity index (χ3n) is 4.15. The summed E-state index contributed by atoms with van der Waals surface area (Å²) in [5, 5.41) is -0.627. The summed E-state index contributed by atoms with van der Waals surface area (Å²) in [6.45, 7) is 1.11. The van der Waals surface area contributed by atoms with Crippen molar-refractivity contribution < 1.29 is 17.9 Å². The van der Waals surface area contributed by atoms with E-state index < -0.39 is 15.1 Å². The van der Waals surface area contributed by atoms with Crippen LogP contribution in [0.25, 0.3) is 0 Å². The van der Waals surface area contributed by atoms with Crippen LogP contribution in [0.3, 0.4) is 0 Å². The van der Waals surface area contributed by atoms with Gasteiger partial charge >= 0.3 is 0 Å². The van der Waals surface area contributed by atoms with Gasteiger partial charge in [-0.05, 0) is 18.4 Å². The Kier molecular flexibility index (Phi) is 3.99. The first-order chi connectivity index (χ1) is 10.1. The van der Waals surface area contributed by atoms with Crippen molar-refractivity contribution in [3.63, 3.8) is 0 Å². The van der Waals surface area contributed by atoms with E-state index in [0.29, 0.717) is 6.61 Å². The Balaban J connectivity index is 1.80. The molecule has 0 N–H and O–H groups in total. The maximum atomic E-state index is 12.4.